The van der Waals surface area contributed by atoms with Gasteiger partial charge in [0.25, 0.3) is 0 Å². The average molecular weight is 727 g/mol. The normalized spacial score (nSPS) is 12.2. The van der Waals surface area contributed by atoms with Crippen LogP contribution in [0.2, 0.25) is 0 Å². The summed E-state index contributed by atoms with van der Waals surface area (Å²) in [4.78, 5) is 0. The minimum absolute atomic E-state index is 0.316. The van der Waals surface area contributed by atoms with Gasteiger partial charge in [0.1, 0.15) is 11.5 Å². The highest BCUT2D eigenvalue weighted by Crippen LogP contribution is 2.41. The van der Waals surface area contributed by atoms with Gasteiger partial charge in [0.05, 0.1) is 0 Å². The van der Waals surface area contributed by atoms with Crippen LogP contribution in [0, 0.1) is 0 Å². The Balaban J connectivity index is 1.06. The Hall–Kier alpha value is -6.38. The highest BCUT2D eigenvalue weighted by molar-refractivity contribution is 6.03. The van der Waals surface area contributed by atoms with Gasteiger partial charge >= 0.3 is 0 Å². The summed E-state index contributed by atoms with van der Waals surface area (Å²) in [6.45, 7) is 9.09. The number of hydrogen-bond acceptors (Lipinski definition) is 2. The summed E-state index contributed by atoms with van der Waals surface area (Å²) in [5, 5.41) is 32.2. The maximum absolute atomic E-state index is 11.3. The number of phenols is 2. The Morgan fingerprint density at radius 2 is 0.661 bits per heavy atom. The van der Waals surface area contributed by atoms with Crippen LogP contribution >= 0.6 is 0 Å². The zero-order chi connectivity index (χ0) is 38.6. The van der Waals surface area contributed by atoms with E-state index in [9.17, 15) is 10.2 Å². The van der Waals surface area contributed by atoms with Gasteiger partial charge in [0.2, 0.25) is 0 Å². The van der Waals surface area contributed by atoms with Crippen molar-refractivity contribution in [1.82, 2.24) is 0 Å². The van der Waals surface area contributed by atoms with Crippen molar-refractivity contribution in [3.05, 3.63) is 214 Å². The molecule has 0 saturated carbocycles. The number of benzene rings is 9. The molecule has 56 heavy (non-hydrogen) atoms. The van der Waals surface area contributed by atoms with E-state index in [-0.39, 0.29) is 10.8 Å². The van der Waals surface area contributed by atoms with Crippen LogP contribution in [0.1, 0.15) is 72.2 Å². The van der Waals surface area contributed by atoms with E-state index in [1.54, 1.807) is 0 Å². The van der Waals surface area contributed by atoms with E-state index in [2.05, 4.69) is 185 Å². The molecular weight excluding hydrogens is 681 g/mol. The molecule has 9 rings (SSSR count). The molecule has 0 saturated heterocycles. The van der Waals surface area contributed by atoms with Crippen molar-refractivity contribution in [3.8, 4) is 11.5 Å². The summed E-state index contributed by atoms with van der Waals surface area (Å²) in [5.41, 5.74) is 8.33. The van der Waals surface area contributed by atoms with Crippen molar-refractivity contribution in [2.75, 3.05) is 0 Å². The van der Waals surface area contributed by atoms with Gasteiger partial charge in [-0.25, -0.2) is 0 Å². The van der Waals surface area contributed by atoms with E-state index in [4.69, 9.17) is 0 Å². The van der Waals surface area contributed by atoms with Gasteiger partial charge in [-0.1, -0.05) is 173 Å². The van der Waals surface area contributed by atoms with Crippen LogP contribution in [-0.2, 0) is 23.7 Å². The molecular formula is C54H46O2. The van der Waals surface area contributed by atoms with Crippen molar-refractivity contribution < 1.29 is 10.2 Å². The second-order valence-corrected chi connectivity index (χ2v) is 16.5. The predicted octanol–water partition coefficient (Wildman–Crippen LogP) is 13.5. The zero-order valence-corrected chi connectivity index (χ0v) is 32.5. The van der Waals surface area contributed by atoms with Crippen LogP contribution in [-0.4, -0.2) is 10.2 Å². The van der Waals surface area contributed by atoms with Crippen molar-refractivity contribution in [2.45, 2.75) is 51.4 Å². The second kappa shape index (κ2) is 13.7. The fourth-order valence-corrected chi connectivity index (χ4v) is 8.84. The number of rotatable bonds is 8. The fraction of sp³-hybridized carbons (Fsp3) is 0.148. The first kappa shape index (κ1) is 35.3. The summed E-state index contributed by atoms with van der Waals surface area (Å²) in [6, 6.07) is 59.9. The predicted molar refractivity (Wildman–Crippen MR) is 235 cm³/mol. The van der Waals surface area contributed by atoms with Crippen LogP contribution in [0.25, 0.3) is 43.1 Å². The van der Waals surface area contributed by atoms with Crippen LogP contribution in [0.4, 0.5) is 0 Å². The highest BCUT2D eigenvalue weighted by atomic mass is 16.3. The minimum Gasteiger partial charge on any atom is -0.508 e. The molecule has 0 atom stereocenters. The number of fused-ring (bicyclic) bond motifs is 4. The van der Waals surface area contributed by atoms with E-state index in [1.807, 2.05) is 12.1 Å². The molecule has 0 fully saturated rings. The Morgan fingerprint density at radius 1 is 0.339 bits per heavy atom. The van der Waals surface area contributed by atoms with Gasteiger partial charge in [-0.2, -0.15) is 0 Å². The first-order chi connectivity index (χ1) is 27.1. The van der Waals surface area contributed by atoms with Crippen LogP contribution in [0.5, 0.6) is 11.5 Å². The van der Waals surface area contributed by atoms with E-state index >= 15 is 0 Å². The van der Waals surface area contributed by atoms with Crippen LogP contribution < -0.4 is 0 Å². The Morgan fingerprint density at radius 3 is 1.02 bits per heavy atom. The summed E-state index contributed by atoms with van der Waals surface area (Å²) in [5.74, 6) is 0.632. The lowest BCUT2D eigenvalue weighted by Crippen LogP contribution is -2.23. The zero-order valence-electron chi connectivity index (χ0n) is 32.5. The molecule has 0 bridgehead atoms. The summed E-state index contributed by atoms with van der Waals surface area (Å²) in [7, 11) is 0. The molecule has 0 spiro atoms. The first-order valence-corrected chi connectivity index (χ1v) is 19.6. The summed E-state index contributed by atoms with van der Waals surface area (Å²) < 4.78 is 0. The van der Waals surface area contributed by atoms with Crippen LogP contribution in [0.3, 0.4) is 0 Å². The third-order valence-corrected chi connectivity index (χ3v) is 12.4. The van der Waals surface area contributed by atoms with Gasteiger partial charge in [-0.15, -0.1) is 0 Å². The molecule has 0 aliphatic heterocycles. The van der Waals surface area contributed by atoms with E-state index in [0.29, 0.717) is 24.3 Å². The van der Waals surface area contributed by atoms with E-state index < -0.39 is 0 Å². The SMILES string of the molecule is CC(C)(c1cccc(C(C)(C)c2ccc(O)c(Cc3c4ccccc4cc4ccccc34)c2)c1)c1ccc(O)c(Cc2c3ccccc3cc3ccccc23)c1. The van der Waals surface area contributed by atoms with Gasteiger partial charge in [-0.3, -0.25) is 0 Å². The lowest BCUT2D eigenvalue weighted by atomic mass is 9.72. The molecule has 2 N–H and O–H groups in total. The van der Waals surface area contributed by atoms with Gasteiger partial charge < -0.3 is 10.2 Å². The largest absolute Gasteiger partial charge is 0.508 e. The van der Waals surface area contributed by atoms with Gasteiger partial charge in [-0.05, 0) is 112 Å². The Bertz CT molecular complexity index is 2640. The standard InChI is InChI=1S/C54H46O2/c1-53(2,43-24-26-51(55)39(30-43)32-49-45-20-9-5-14-35(45)28-36-15-6-10-21-46(36)49)41-18-13-19-42(34-41)54(3,4)44-25-27-52(56)40(31-44)33-50-47-22-11-7-16-37(47)29-38-17-8-12-23-48(38)50/h5-31,34,55-56H,32-33H2,1-4H3. The molecule has 0 aliphatic rings. The molecule has 9 aromatic rings. The first-order valence-electron chi connectivity index (χ1n) is 19.6. The second-order valence-electron chi connectivity index (χ2n) is 16.5. The highest BCUT2D eigenvalue weighted by Gasteiger charge is 2.29. The molecule has 0 unspecified atom stereocenters. The van der Waals surface area contributed by atoms with Crippen molar-refractivity contribution in [1.29, 1.82) is 0 Å². The van der Waals surface area contributed by atoms with Crippen molar-refractivity contribution >= 4 is 43.1 Å². The molecule has 9 aromatic carbocycles. The average Bonchev–Trinajstić information content (AvgIpc) is 3.22. The summed E-state index contributed by atoms with van der Waals surface area (Å²) >= 11 is 0. The lowest BCUT2D eigenvalue weighted by molar-refractivity contribution is 0.468. The van der Waals surface area contributed by atoms with Gasteiger partial charge in [0, 0.05) is 23.7 Å². The maximum Gasteiger partial charge on any atom is 0.119 e. The Kier molecular flexibility index (Phi) is 8.66. The topological polar surface area (TPSA) is 40.5 Å². The smallest absolute Gasteiger partial charge is 0.119 e. The number of aromatic hydroxyl groups is 2. The molecule has 0 aliphatic carbocycles. The molecule has 0 heterocycles. The van der Waals surface area contributed by atoms with E-state index in [0.717, 1.165) is 22.3 Å². The lowest BCUT2D eigenvalue weighted by Gasteiger charge is -2.31. The molecule has 2 heteroatoms. The fourth-order valence-electron chi connectivity index (χ4n) is 8.84. The molecule has 2 nitrogen and oxygen atoms in total. The van der Waals surface area contributed by atoms with Gasteiger partial charge in [0.15, 0.2) is 0 Å². The summed E-state index contributed by atoms with van der Waals surface area (Å²) in [6.07, 6.45) is 1.25. The number of phenolic OH excluding ortho intramolecular Hbond substituents is 2. The Labute approximate surface area is 329 Å². The van der Waals surface area contributed by atoms with Crippen molar-refractivity contribution in [3.63, 3.8) is 0 Å². The third kappa shape index (κ3) is 6.16. The molecule has 0 aromatic heterocycles. The van der Waals surface area contributed by atoms with E-state index in [1.165, 1.54) is 65.3 Å². The number of hydrogen-bond donors (Lipinski definition) is 2. The monoisotopic (exact) mass is 726 g/mol. The van der Waals surface area contributed by atoms with Crippen LogP contribution in [0.15, 0.2) is 170 Å². The molecule has 274 valence electrons. The third-order valence-electron chi connectivity index (χ3n) is 12.4. The maximum atomic E-state index is 11.3. The quantitative estimate of drug-likeness (QED) is 0.153. The molecule has 0 amide bonds. The molecule has 0 radical (unpaired) electrons. The van der Waals surface area contributed by atoms with Crippen molar-refractivity contribution in [2.24, 2.45) is 0 Å². The minimum atomic E-state index is -0.342.